The summed E-state index contributed by atoms with van der Waals surface area (Å²) in [4.78, 5) is 2.50. The number of anilines is 1. The number of benzene rings is 1. The summed E-state index contributed by atoms with van der Waals surface area (Å²) in [5, 5.41) is 8.37. The topological polar surface area (TPSA) is 33.1 Å². The summed E-state index contributed by atoms with van der Waals surface area (Å²) in [7, 11) is 0. The third kappa shape index (κ3) is 4.18. The largest absolute Gasteiger partial charge is 0.371 e. The molecule has 1 unspecified atom stereocenters. The zero-order valence-electron chi connectivity index (χ0n) is 15.4. The summed E-state index contributed by atoms with van der Waals surface area (Å²) in [5.74, 6) is 0. The van der Waals surface area contributed by atoms with E-state index < -0.39 is 0 Å². The van der Waals surface area contributed by atoms with Gasteiger partial charge in [-0.05, 0) is 58.7 Å². The Bertz CT molecular complexity index is 651. The summed E-state index contributed by atoms with van der Waals surface area (Å²) in [6.07, 6.45) is 2.41. The van der Waals surface area contributed by atoms with Crippen LogP contribution in [0.4, 0.5) is 5.69 Å². The Hall–Kier alpha value is -1.81. The molecule has 1 saturated heterocycles. The minimum absolute atomic E-state index is 0.443. The zero-order valence-corrected chi connectivity index (χ0v) is 15.4. The van der Waals surface area contributed by atoms with Crippen LogP contribution in [0.5, 0.6) is 0 Å². The Morgan fingerprint density at radius 1 is 1.12 bits per heavy atom. The average molecular weight is 326 g/mol. The Morgan fingerprint density at radius 3 is 2.38 bits per heavy atom. The number of aromatic nitrogens is 2. The van der Waals surface area contributed by atoms with Gasteiger partial charge >= 0.3 is 0 Å². The van der Waals surface area contributed by atoms with Gasteiger partial charge in [-0.1, -0.05) is 17.7 Å². The van der Waals surface area contributed by atoms with Crippen molar-refractivity contribution >= 4 is 5.69 Å². The van der Waals surface area contributed by atoms with Gasteiger partial charge < -0.3 is 10.2 Å². The molecule has 4 heteroatoms. The maximum atomic E-state index is 4.57. The highest BCUT2D eigenvalue weighted by Gasteiger charge is 2.21. The van der Waals surface area contributed by atoms with Crippen molar-refractivity contribution in [1.82, 2.24) is 15.1 Å². The van der Waals surface area contributed by atoms with Gasteiger partial charge in [0.05, 0.1) is 12.2 Å². The average Bonchev–Trinajstić information content (AvgIpc) is 2.86. The van der Waals surface area contributed by atoms with Crippen molar-refractivity contribution in [2.75, 3.05) is 18.0 Å². The molecule has 0 bridgehead atoms. The van der Waals surface area contributed by atoms with E-state index in [9.17, 15) is 0 Å². The van der Waals surface area contributed by atoms with Crippen molar-refractivity contribution in [3.8, 4) is 0 Å². The van der Waals surface area contributed by atoms with E-state index in [1.165, 1.54) is 29.8 Å². The molecular formula is C20H30N4. The van der Waals surface area contributed by atoms with Crippen LogP contribution < -0.4 is 10.2 Å². The number of hydrogen-bond donors (Lipinski definition) is 1. The van der Waals surface area contributed by atoms with Crippen molar-refractivity contribution in [2.24, 2.45) is 0 Å². The lowest BCUT2D eigenvalue weighted by molar-refractivity contribution is 0.346. The molecule has 1 aliphatic rings. The first kappa shape index (κ1) is 17.0. The predicted octanol–water partition coefficient (Wildman–Crippen LogP) is 3.46. The number of nitrogens with one attached hydrogen (secondary N) is 1. The van der Waals surface area contributed by atoms with Crippen LogP contribution in [-0.4, -0.2) is 35.0 Å². The van der Waals surface area contributed by atoms with E-state index in [1.807, 2.05) is 0 Å². The number of hydrogen-bond acceptors (Lipinski definition) is 3. The number of aryl methyl sites for hydroxylation is 3. The molecule has 0 amide bonds. The van der Waals surface area contributed by atoms with Crippen LogP contribution in [0.15, 0.2) is 30.3 Å². The van der Waals surface area contributed by atoms with Crippen LogP contribution in [0, 0.1) is 20.8 Å². The molecule has 3 rings (SSSR count). The molecule has 0 spiro atoms. The minimum Gasteiger partial charge on any atom is -0.371 e. The monoisotopic (exact) mass is 326 g/mol. The van der Waals surface area contributed by atoms with Gasteiger partial charge in [-0.2, -0.15) is 5.10 Å². The van der Waals surface area contributed by atoms with E-state index >= 15 is 0 Å². The highest BCUT2D eigenvalue weighted by molar-refractivity contribution is 5.47. The Balaban J connectivity index is 1.48. The van der Waals surface area contributed by atoms with Crippen LogP contribution in [0.3, 0.4) is 0 Å². The fourth-order valence-corrected chi connectivity index (χ4v) is 3.63. The molecule has 2 heterocycles. The maximum Gasteiger partial charge on any atom is 0.0596 e. The fraction of sp³-hybridized carbons (Fsp3) is 0.550. The van der Waals surface area contributed by atoms with Crippen LogP contribution >= 0.6 is 0 Å². The van der Waals surface area contributed by atoms with Crippen LogP contribution in [0.2, 0.25) is 0 Å². The predicted molar refractivity (Wildman–Crippen MR) is 101 cm³/mol. The molecule has 24 heavy (non-hydrogen) atoms. The number of piperidine rings is 1. The van der Waals surface area contributed by atoms with Crippen LogP contribution in [-0.2, 0) is 6.54 Å². The number of rotatable bonds is 5. The molecule has 1 N–H and O–H groups in total. The first-order chi connectivity index (χ1) is 11.5. The molecule has 1 aliphatic heterocycles. The first-order valence-electron chi connectivity index (χ1n) is 9.10. The van der Waals surface area contributed by atoms with Crippen LogP contribution in [0.1, 0.15) is 36.7 Å². The van der Waals surface area contributed by atoms with E-state index in [-0.39, 0.29) is 0 Å². The summed E-state index contributed by atoms with van der Waals surface area (Å²) in [6, 6.07) is 12.1. The van der Waals surface area contributed by atoms with Crippen molar-refractivity contribution < 1.29 is 0 Å². The third-order valence-electron chi connectivity index (χ3n) is 4.96. The Labute approximate surface area is 145 Å². The summed E-state index contributed by atoms with van der Waals surface area (Å²) < 4.78 is 2.12. The number of nitrogens with zero attached hydrogens (tertiary/aromatic N) is 3. The molecule has 1 fully saturated rings. The molecule has 4 nitrogen and oxygen atoms in total. The second kappa shape index (κ2) is 7.39. The van der Waals surface area contributed by atoms with Gasteiger partial charge in [0.25, 0.3) is 0 Å². The van der Waals surface area contributed by atoms with Gasteiger partial charge in [-0.15, -0.1) is 0 Å². The molecule has 1 atom stereocenters. The molecule has 0 aliphatic carbocycles. The first-order valence-corrected chi connectivity index (χ1v) is 9.10. The van der Waals surface area contributed by atoms with E-state index in [1.54, 1.807) is 0 Å². The van der Waals surface area contributed by atoms with Crippen molar-refractivity contribution in [3.63, 3.8) is 0 Å². The lowest BCUT2D eigenvalue weighted by atomic mass is 10.0. The van der Waals surface area contributed by atoms with Gasteiger partial charge in [-0.25, -0.2) is 0 Å². The highest BCUT2D eigenvalue weighted by atomic mass is 15.3. The molecular weight excluding hydrogens is 296 g/mol. The quantitative estimate of drug-likeness (QED) is 0.913. The summed E-state index contributed by atoms with van der Waals surface area (Å²) in [5.41, 5.74) is 5.03. The summed E-state index contributed by atoms with van der Waals surface area (Å²) in [6.45, 7) is 11.8. The SMILES string of the molecule is Cc1ccc(N2CCC(NC(C)Cn3nc(C)cc3C)CC2)cc1. The Morgan fingerprint density at radius 2 is 1.79 bits per heavy atom. The standard InChI is InChI=1S/C20H30N4/c1-15-5-7-20(8-6-15)23-11-9-19(10-12-23)21-17(3)14-24-18(4)13-16(2)22-24/h5-8,13,17,19,21H,9-12,14H2,1-4H3. The third-order valence-corrected chi connectivity index (χ3v) is 4.96. The van der Waals surface area contributed by atoms with Crippen molar-refractivity contribution in [3.05, 3.63) is 47.3 Å². The van der Waals surface area contributed by atoms with Gasteiger partial charge in [0.1, 0.15) is 0 Å². The van der Waals surface area contributed by atoms with Crippen molar-refractivity contribution in [2.45, 2.75) is 59.2 Å². The smallest absolute Gasteiger partial charge is 0.0596 e. The molecule has 1 aromatic heterocycles. The van der Waals surface area contributed by atoms with E-state index in [0.717, 1.165) is 25.3 Å². The van der Waals surface area contributed by atoms with Gasteiger partial charge in [0.15, 0.2) is 0 Å². The lowest BCUT2D eigenvalue weighted by Gasteiger charge is -2.35. The maximum absolute atomic E-state index is 4.57. The van der Waals surface area contributed by atoms with Crippen LogP contribution in [0.25, 0.3) is 0 Å². The molecule has 1 aromatic carbocycles. The fourth-order valence-electron chi connectivity index (χ4n) is 3.63. The molecule has 2 aromatic rings. The zero-order chi connectivity index (χ0) is 17.1. The normalized spacial score (nSPS) is 17.2. The minimum atomic E-state index is 0.443. The lowest BCUT2D eigenvalue weighted by Crippen LogP contribution is -2.46. The Kier molecular flexibility index (Phi) is 5.24. The summed E-state index contributed by atoms with van der Waals surface area (Å²) >= 11 is 0. The van der Waals surface area contributed by atoms with Gasteiger partial charge in [-0.3, -0.25) is 4.68 Å². The van der Waals surface area contributed by atoms with E-state index in [4.69, 9.17) is 0 Å². The highest BCUT2D eigenvalue weighted by Crippen LogP contribution is 2.20. The van der Waals surface area contributed by atoms with E-state index in [2.05, 4.69) is 78.0 Å². The van der Waals surface area contributed by atoms with E-state index in [0.29, 0.717) is 12.1 Å². The molecule has 130 valence electrons. The molecule has 0 radical (unpaired) electrons. The second-order valence-electron chi connectivity index (χ2n) is 7.27. The second-order valence-corrected chi connectivity index (χ2v) is 7.27. The van der Waals surface area contributed by atoms with Gasteiger partial charge in [0.2, 0.25) is 0 Å². The van der Waals surface area contributed by atoms with Crippen molar-refractivity contribution in [1.29, 1.82) is 0 Å². The van der Waals surface area contributed by atoms with Gasteiger partial charge in [0, 0.05) is 36.6 Å². The molecule has 0 saturated carbocycles.